The van der Waals surface area contributed by atoms with Crippen LogP contribution in [0, 0.1) is 5.92 Å². The number of likely N-dealkylation sites (tertiary alicyclic amines) is 1. The van der Waals surface area contributed by atoms with Gasteiger partial charge in [-0.3, -0.25) is 19.3 Å². The second-order valence-electron chi connectivity index (χ2n) is 7.33. The van der Waals surface area contributed by atoms with Gasteiger partial charge in [0.1, 0.15) is 0 Å². The van der Waals surface area contributed by atoms with Crippen LogP contribution in [0.5, 0.6) is 0 Å². The fourth-order valence-electron chi connectivity index (χ4n) is 3.51. The first-order chi connectivity index (χ1) is 13.4. The number of piperidine rings is 1. The van der Waals surface area contributed by atoms with Crippen molar-refractivity contribution in [2.24, 2.45) is 5.92 Å². The molecule has 1 saturated heterocycles. The Hall–Kier alpha value is -2.55. The molecule has 1 amide bonds. The number of hydrogen-bond donors (Lipinski definition) is 2. The van der Waals surface area contributed by atoms with Crippen molar-refractivity contribution in [1.82, 2.24) is 19.7 Å². The van der Waals surface area contributed by atoms with Crippen molar-refractivity contribution in [1.29, 1.82) is 0 Å². The number of anilines is 1. The fraction of sp³-hybridized carbons (Fsp3) is 0.526. The molecule has 0 aromatic carbocycles. The van der Waals surface area contributed by atoms with E-state index in [0.717, 1.165) is 31.9 Å². The van der Waals surface area contributed by atoms with E-state index in [1.807, 2.05) is 0 Å². The van der Waals surface area contributed by atoms with Gasteiger partial charge in [-0.1, -0.05) is 13.3 Å². The number of carbonyl (C=O) groups excluding carboxylic acids is 1. The van der Waals surface area contributed by atoms with E-state index in [9.17, 15) is 18.4 Å². The van der Waals surface area contributed by atoms with Gasteiger partial charge in [-0.2, -0.15) is 13.9 Å². The van der Waals surface area contributed by atoms with Crippen LogP contribution in [0.3, 0.4) is 0 Å². The number of hydrogen-bond acceptors (Lipinski definition) is 4. The minimum absolute atomic E-state index is 0.139. The number of rotatable bonds is 7. The molecule has 152 valence electrons. The Morgan fingerprint density at radius 2 is 2.04 bits per heavy atom. The molecule has 2 aromatic heterocycles. The minimum atomic E-state index is -2.92. The Balaban J connectivity index is 1.57. The van der Waals surface area contributed by atoms with Crippen molar-refractivity contribution in [3.63, 3.8) is 0 Å². The maximum atomic E-state index is 12.9. The van der Waals surface area contributed by atoms with E-state index in [0.29, 0.717) is 28.1 Å². The van der Waals surface area contributed by atoms with Gasteiger partial charge in [0, 0.05) is 36.9 Å². The highest BCUT2D eigenvalue weighted by molar-refractivity contribution is 5.90. The molecule has 1 fully saturated rings. The van der Waals surface area contributed by atoms with Gasteiger partial charge in [-0.15, -0.1) is 0 Å². The Morgan fingerprint density at radius 3 is 2.75 bits per heavy atom. The number of H-pyrrole nitrogens is 1. The van der Waals surface area contributed by atoms with E-state index >= 15 is 0 Å². The summed E-state index contributed by atoms with van der Waals surface area (Å²) in [4.78, 5) is 26.1. The molecule has 3 rings (SSSR count). The molecule has 0 bridgehead atoms. The maximum Gasteiger partial charge on any atom is 0.321 e. The monoisotopic (exact) mass is 393 g/mol. The van der Waals surface area contributed by atoms with Crippen LogP contribution in [0.15, 0.2) is 29.2 Å². The van der Waals surface area contributed by atoms with Crippen LogP contribution >= 0.6 is 0 Å². The van der Waals surface area contributed by atoms with Crippen molar-refractivity contribution in [3.8, 4) is 11.3 Å². The third kappa shape index (κ3) is 5.25. The molecule has 1 unspecified atom stereocenters. The lowest BCUT2D eigenvalue weighted by Gasteiger charge is -2.28. The third-order valence-corrected chi connectivity index (χ3v) is 4.86. The number of aromatic amines is 1. The zero-order valence-corrected chi connectivity index (χ0v) is 15.8. The lowest BCUT2D eigenvalue weighted by molar-refractivity contribution is -0.117. The van der Waals surface area contributed by atoms with Gasteiger partial charge in [-0.25, -0.2) is 0 Å². The summed E-state index contributed by atoms with van der Waals surface area (Å²) < 4.78 is 26.1. The first-order valence-corrected chi connectivity index (χ1v) is 9.50. The zero-order chi connectivity index (χ0) is 20.1. The normalized spacial score (nSPS) is 16.3. The van der Waals surface area contributed by atoms with E-state index in [1.54, 1.807) is 6.07 Å². The van der Waals surface area contributed by atoms with Gasteiger partial charge in [0.15, 0.2) is 5.82 Å². The van der Waals surface area contributed by atoms with Crippen LogP contribution < -0.4 is 10.9 Å². The molecule has 2 N–H and O–H groups in total. The van der Waals surface area contributed by atoms with Crippen LogP contribution in [0.25, 0.3) is 11.3 Å². The van der Waals surface area contributed by atoms with Crippen LogP contribution in [0.4, 0.5) is 14.6 Å². The molecule has 1 aliphatic heterocycles. The lowest BCUT2D eigenvalue weighted by atomic mass is 10.0. The Morgan fingerprint density at radius 1 is 1.29 bits per heavy atom. The molecule has 3 heterocycles. The molecule has 0 aliphatic carbocycles. The van der Waals surface area contributed by atoms with Gasteiger partial charge in [0.2, 0.25) is 5.91 Å². The predicted molar refractivity (Wildman–Crippen MR) is 102 cm³/mol. The van der Waals surface area contributed by atoms with Gasteiger partial charge in [0.05, 0.1) is 5.69 Å². The number of halogens is 2. The molecule has 0 radical (unpaired) electrons. The highest BCUT2D eigenvalue weighted by Crippen LogP contribution is 2.20. The summed E-state index contributed by atoms with van der Waals surface area (Å²) in [7, 11) is 0. The highest BCUT2D eigenvalue weighted by atomic mass is 19.3. The summed E-state index contributed by atoms with van der Waals surface area (Å²) >= 11 is 0. The lowest BCUT2D eigenvalue weighted by Crippen LogP contribution is -2.34. The molecule has 2 aromatic rings. The molecular weight excluding hydrogens is 368 g/mol. The van der Waals surface area contributed by atoms with E-state index in [2.05, 4.69) is 27.3 Å². The number of amides is 1. The number of nitrogens with zero attached hydrogens (tertiary/aromatic N) is 3. The second-order valence-corrected chi connectivity index (χ2v) is 7.33. The standard InChI is InChI=1S/C19H25F2N5O2/c1-13(11-25-7-3-2-4-8-25)9-17(27)22-16-10-15(23-24-16)14-5-6-18(28)26(12-14)19(20)21/h5-6,10,12-13,19H,2-4,7-9,11H2,1H3,(H2,22,23,24,27). The summed E-state index contributed by atoms with van der Waals surface area (Å²) in [6.45, 7) is 2.22. The van der Waals surface area contributed by atoms with Gasteiger partial charge >= 0.3 is 6.55 Å². The number of pyridine rings is 1. The molecular formula is C19H25F2N5O2. The summed E-state index contributed by atoms with van der Waals surface area (Å²) in [5.41, 5.74) is 0.0342. The number of alkyl halides is 2. The average Bonchev–Trinajstić information content (AvgIpc) is 3.10. The molecule has 7 nitrogen and oxygen atoms in total. The predicted octanol–water partition coefficient (Wildman–Crippen LogP) is 3.08. The van der Waals surface area contributed by atoms with Gasteiger partial charge in [-0.05, 0) is 37.9 Å². The van der Waals surface area contributed by atoms with Crippen LogP contribution in [-0.4, -0.2) is 45.2 Å². The number of nitrogens with one attached hydrogen (secondary N) is 2. The van der Waals surface area contributed by atoms with Crippen LogP contribution in [-0.2, 0) is 4.79 Å². The first-order valence-electron chi connectivity index (χ1n) is 9.50. The highest BCUT2D eigenvalue weighted by Gasteiger charge is 2.17. The van der Waals surface area contributed by atoms with Crippen LogP contribution in [0.2, 0.25) is 0 Å². The third-order valence-electron chi connectivity index (χ3n) is 4.86. The van der Waals surface area contributed by atoms with Crippen molar-refractivity contribution >= 4 is 11.7 Å². The Labute approximate surface area is 161 Å². The molecule has 28 heavy (non-hydrogen) atoms. The summed E-state index contributed by atoms with van der Waals surface area (Å²) in [5.74, 6) is 0.409. The van der Waals surface area contributed by atoms with Gasteiger partial charge in [0.25, 0.3) is 5.56 Å². The molecule has 1 aliphatic rings. The Kier molecular flexibility index (Phi) is 6.56. The van der Waals surface area contributed by atoms with E-state index in [4.69, 9.17) is 0 Å². The average molecular weight is 393 g/mol. The van der Waals surface area contributed by atoms with Crippen molar-refractivity contribution < 1.29 is 13.6 Å². The van der Waals surface area contributed by atoms with Crippen molar-refractivity contribution in [2.75, 3.05) is 25.0 Å². The molecule has 9 heteroatoms. The number of carbonyl (C=O) groups is 1. The van der Waals surface area contributed by atoms with E-state index in [1.165, 1.54) is 25.3 Å². The fourth-order valence-corrected chi connectivity index (χ4v) is 3.51. The van der Waals surface area contributed by atoms with Crippen LogP contribution in [0.1, 0.15) is 39.2 Å². The SMILES string of the molecule is CC(CC(=O)Nc1cc(-c2ccc(=O)n(C(F)F)c2)[nH]n1)CN1CCCCC1. The maximum absolute atomic E-state index is 12.9. The summed E-state index contributed by atoms with van der Waals surface area (Å²) in [6, 6.07) is 4.06. The molecule has 0 saturated carbocycles. The number of aromatic nitrogens is 3. The minimum Gasteiger partial charge on any atom is -0.309 e. The van der Waals surface area contributed by atoms with E-state index < -0.39 is 12.1 Å². The van der Waals surface area contributed by atoms with Crippen molar-refractivity contribution in [3.05, 3.63) is 34.7 Å². The van der Waals surface area contributed by atoms with E-state index in [-0.39, 0.29) is 11.8 Å². The topological polar surface area (TPSA) is 83.0 Å². The van der Waals surface area contributed by atoms with Gasteiger partial charge < -0.3 is 10.2 Å². The Bertz CT molecular complexity index is 858. The summed E-state index contributed by atoms with van der Waals surface area (Å²) in [5, 5.41) is 9.44. The van der Waals surface area contributed by atoms with Crippen molar-refractivity contribution in [2.45, 2.75) is 39.2 Å². The second kappa shape index (κ2) is 9.09. The molecule has 1 atom stereocenters. The smallest absolute Gasteiger partial charge is 0.309 e. The summed E-state index contributed by atoms with van der Waals surface area (Å²) in [6.07, 6.45) is 5.16. The largest absolute Gasteiger partial charge is 0.321 e. The molecule has 0 spiro atoms. The zero-order valence-electron chi connectivity index (χ0n) is 15.8. The quantitative estimate of drug-likeness (QED) is 0.757. The first kappa shape index (κ1) is 20.2.